The van der Waals surface area contributed by atoms with Gasteiger partial charge in [-0.05, 0) is 88.4 Å². The van der Waals surface area contributed by atoms with Crippen molar-refractivity contribution < 1.29 is 13.9 Å². The Kier molecular flexibility index (Phi) is 6.98. The first-order chi connectivity index (χ1) is 17.7. The van der Waals surface area contributed by atoms with Gasteiger partial charge in [0.05, 0.1) is 28.4 Å². The molecule has 0 aromatic heterocycles. The van der Waals surface area contributed by atoms with Gasteiger partial charge in [0.2, 0.25) is 5.91 Å². The van der Waals surface area contributed by atoms with Crippen LogP contribution in [0.4, 0.5) is 10.1 Å². The van der Waals surface area contributed by atoms with Crippen molar-refractivity contribution in [2.75, 3.05) is 32.1 Å². The minimum atomic E-state index is -0.666. The van der Waals surface area contributed by atoms with E-state index in [4.69, 9.17) is 16.3 Å². The average Bonchev–Trinajstić information content (AvgIpc) is 2.85. The lowest BCUT2D eigenvalue weighted by Crippen LogP contribution is -2.47. The van der Waals surface area contributed by atoms with Crippen molar-refractivity contribution in [3.63, 3.8) is 0 Å². The Balaban J connectivity index is 1.32. The number of piperidine rings is 1. The van der Waals surface area contributed by atoms with Crippen LogP contribution in [0.1, 0.15) is 39.0 Å². The zero-order valence-corrected chi connectivity index (χ0v) is 22.1. The zero-order chi connectivity index (χ0) is 26.2. The standard InChI is InChI=1S/C28H33ClFN5O2/c1-4-25(36)34-22-15-27(2)24(31-17-32-26(27)33-19-5-6-21(30)20(29)11-19)12-23(22)37-16-18-13-28(14-18)7-9-35(3)10-8-28/h4-6,11-12,17-18H,1,7-10,13-16H2,2-3H3,(H,34,36)(H,31,32,33). The third-order valence-corrected chi connectivity index (χ3v) is 8.46. The molecule has 2 aliphatic heterocycles. The Morgan fingerprint density at radius 1 is 1.35 bits per heavy atom. The predicted molar refractivity (Wildman–Crippen MR) is 145 cm³/mol. The van der Waals surface area contributed by atoms with Crippen molar-refractivity contribution in [3.05, 3.63) is 64.9 Å². The number of fused-ring (bicyclic) bond motifs is 1. The number of nitrogens with zero attached hydrogens (tertiary/aromatic N) is 3. The second-order valence-electron chi connectivity index (χ2n) is 10.9. The fourth-order valence-electron chi connectivity index (χ4n) is 5.88. The number of halogens is 2. The number of nitrogens with one attached hydrogen (secondary N) is 2. The molecule has 0 bridgehead atoms. The van der Waals surface area contributed by atoms with Gasteiger partial charge in [0, 0.05) is 18.2 Å². The number of aliphatic imine (C=N–C) groups is 2. The first-order valence-corrected chi connectivity index (χ1v) is 13.1. The zero-order valence-electron chi connectivity index (χ0n) is 21.3. The van der Waals surface area contributed by atoms with E-state index in [2.05, 4.69) is 39.1 Å². The molecule has 196 valence electrons. The summed E-state index contributed by atoms with van der Waals surface area (Å²) in [6.45, 7) is 8.53. The molecule has 9 heteroatoms. The van der Waals surface area contributed by atoms with E-state index in [1.165, 1.54) is 63.3 Å². The van der Waals surface area contributed by atoms with Crippen LogP contribution in [0, 0.1) is 22.6 Å². The summed E-state index contributed by atoms with van der Waals surface area (Å²) in [6, 6.07) is 4.42. The predicted octanol–water partition coefficient (Wildman–Crippen LogP) is 5.28. The first-order valence-electron chi connectivity index (χ1n) is 12.7. The summed E-state index contributed by atoms with van der Waals surface area (Å²) < 4.78 is 20.0. The molecule has 2 aliphatic carbocycles. The summed E-state index contributed by atoms with van der Waals surface area (Å²) >= 11 is 5.97. The van der Waals surface area contributed by atoms with Crippen LogP contribution in [0.5, 0.6) is 0 Å². The van der Waals surface area contributed by atoms with Crippen LogP contribution in [-0.4, -0.2) is 49.7 Å². The SMILES string of the molecule is C=CC(=O)NC1=C(OCC2CC3(CCN(C)CC3)C2)C=C2N=CN=C(Nc3ccc(F)c(Cl)c3)C2(C)C1. The van der Waals surface area contributed by atoms with Crippen LogP contribution >= 0.6 is 11.6 Å². The van der Waals surface area contributed by atoms with Crippen molar-refractivity contribution in [2.45, 2.75) is 39.0 Å². The molecule has 2 N–H and O–H groups in total. The van der Waals surface area contributed by atoms with Gasteiger partial charge in [-0.25, -0.2) is 14.4 Å². The van der Waals surface area contributed by atoms with Gasteiger partial charge in [-0.2, -0.15) is 0 Å². The van der Waals surface area contributed by atoms with Crippen molar-refractivity contribution >= 4 is 35.4 Å². The number of anilines is 1. The van der Waals surface area contributed by atoms with Gasteiger partial charge in [-0.15, -0.1) is 0 Å². The third kappa shape index (κ3) is 5.22. The quantitative estimate of drug-likeness (QED) is 0.495. The van der Waals surface area contributed by atoms with Gasteiger partial charge in [-0.3, -0.25) is 4.79 Å². The van der Waals surface area contributed by atoms with Crippen LogP contribution in [0.2, 0.25) is 5.02 Å². The number of hydrogen-bond donors (Lipinski definition) is 2. The Morgan fingerprint density at radius 3 is 2.81 bits per heavy atom. The number of allylic oxidation sites excluding steroid dienone is 2. The molecule has 2 heterocycles. The minimum Gasteiger partial charge on any atom is -0.491 e. The van der Waals surface area contributed by atoms with E-state index in [0.29, 0.717) is 47.3 Å². The third-order valence-electron chi connectivity index (χ3n) is 8.17. The second kappa shape index (κ2) is 10.1. The van der Waals surface area contributed by atoms with Crippen LogP contribution in [0.15, 0.2) is 64.1 Å². The number of carbonyl (C=O) groups excluding carboxylic acids is 1. The molecule has 4 aliphatic rings. The van der Waals surface area contributed by atoms with Crippen molar-refractivity contribution in [1.82, 2.24) is 10.2 Å². The highest BCUT2D eigenvalue weighted by molar-refractivity contribution is 6.31. The van der Waals surface area contributed by atoms with E-state index < -0.39 is 11.2 Å². The number of likely N-dealkylation sites (tertiary alicyclic amines) is 1. The molecule has 1 saturated heterocycles. The highest BCUT2D eigenvalue weighted by Crippen LogP contribution is 2.53. The van der Waals surface area contributed by atoms with Gasteiger partial charge in [0.15, 0.2) is 0 Å². The molecule has 1 spiro atoms. The maximum Gasteiger partial charge on any atom is 0.247 e. The fourth-order valence-corrected chi connectivity index (χ4v) is 6.07. The molecule has 1 aromatic rings. The molecule has 1 amide bonds. The molecular formula is C28H33ClFN5O2. The summed E-state index contributed by atoms with van der Waals surface area (Å²) in [5.41, 5.74) is 1.85. The number of hydrogen-bond acceptors (Lipinski definition) is 6. The Morgan fingerprint density at radius 2 is 2.11 bits per heavy atom. The van der Waals surface area contributed by atoms with Gasteiger partial charge < -0.3 is 20.3 Å². The van der Waals surface area contributed by atoms with Crippen molar-refractivity contribution in [2.24, 2.45) is 26.7 Å². The van der Waals surface area contributed by atoms with Crippen LogP contribution in [-0.2, 0) is 9.53 Å². The number of amides is 1. The van der Waals surface area contributed by atoms with Crippen molar-refractivity contribution in [3.8, 4) is 0 Å². The van der Waals surface area contributed by atoms with E-state index >= 15 is 0 Å². The molecule has 1 unspecified atom stereocenters. The largest absolute Gasteiger partial charge is 0.491 e. The fraction of sp³-hybridized carbons (Fsp3) is 0.464. The molecule has 7 nitrogen and oxygen atoms in total. The number of ether oxygens (including phenoxy) is 1. The lowest BCUT2D eigenvalue weighted by molar-refractivity contribution is -0.116. The summed E-state index contributed by atoms with van der Waals surface area (Å²) in [5.74, 6) is 0.952. The van der Waals surface area contributed by atoms with Gasteiger partial charge in [0.25, 0.3) is 0 Å². The number of carbonyl (C=O) groups is 1. The molecule has 1 saturated carbocycles. The molecule has 37 heavy (non-hydrogen) atoms. The molecule has 0 radical (unpaired) electrons. The smallest absolute Gasteiger partial charge is 0.247 e. The van der Waals surface area contributed by atoms with E-state index in [0.717, 1.165) is 5.70 Å². The molecule has 5 rings (SSSR count). The number of amidine groups is 1. The molecule has 1 atom stereocenters. The van der Waals surface area contributed by atoms with Gasteiger partial charge >= 0.3 is 0 Å². The van der Waals surface area contributed by atoms with E-state index in [9.17, 15) is 9.18 Å². The molecule has 1 aromatic carbocycles. The van der Waals surface area contributed by atoms with Crippen LogP contribution < -0.4 is 10.6 Å². The number of rotatable bonds is 6. The molecular weight excluding hydrogens is 493 g/mol. The summed E-state index contributed by atoms with van der Waals surface area (Å²) in [4.78, 5) is 23.7. The van der Waals surface area contributed by atoms with Gasteiger partial charge in [0.1, 0.15) is 23.8 Å². The normalized spacial score (nSPS) is 25.1. The number of benzene rings is 1. The summed E-state index contributed by atoms with van der Waals surface area (Å²) in [6.07, 6.45) is 9.93. The molecule has 2 fully saturated rings. The average molecular weight is 526 g/mol. The van der Waals surface area contributed by atoms with Crippen LogP contribution in [0.3, 0.4) is 0 Å². The highest BCUT2D eigenvalue weighted by atomic mass is 35.5. The lowest BCUT2D eigenvalue weighted by atomic mass is 9.58. The maximum atomic E-state index is 13.7. The summed E-state index contributed by atoms with van der Waals surface area (Å²) in [7, 11) is 2.19. The lowest BCUT2D eigenvalue weighted by Gasteiger charge is -2.51. The Bertz CT molecular complexity index is 1220. The highest BCUT2D eigenvalue weighted by Gasteiger charge is 2.46. The summed E-state index contributed by atoms with van der Waals surface area (Å²) in [5, 5.41) is 6.22. The van der Waals surface area contributed by atoms with E-state index in [-0.39, 0.29) is 10.9 Å². The van der Waals surface area contributed by atoms with Crippen LogP contribution in [0.25, 0.3) is 0 Å². The second-order valence-corrected chi connectivity index (χ2v) is 11.3. The minimum absolute atomic E-state index is 0.0205. The maximum absolute atomic E-state index is 13.7. The first kappa shape index (κ1) is 25.7. The van der Waals surface area contributed by atoms with E-state index in [1.807, 2.05) is 13.0 Å². The Labute approximate surface area is 222 Å². The topological polar surface area (TPSA) is 78.3 Å². The Hall–Kier alpha value is -2.97. The monoisotopic (exact) mass is 525 g/mol. The van der Waals surface area contributed by atoms with E-state index in [1.54, 1.807) is 6.07 Å². The van der Waals surface area contributed by atoms with Crippen molar-refractivity contribution in [1.29, 1.82) is 0 Å². The van der Waals surface area contributed by atoms with Gasteiger partial charge in [-0.1, -0.05) is 18.2 Å².